The van der Waals surface area contributed by atoms with Crippen LogP contribution in [0.15, 0.2) is 72.8 Å². The van der Waals surface area contributed by atoms with Crippen LogP contribution < -0.4 is 4.90 Å². The van der Waals surface area contributed by atoms with Crippen LogP contribution in [0.25, 0.3) is 10.9 Å². The van der Waals surface area contributed by atoms with Gasteiger partial charge in [0.25, 0.3) is 0 Å². The molecule has 0 saturated carbocycles. The van der Waals surface area contributed by atoms with Crippen molar-refractivity contribution in [2.24, 2.45) is 0 Å². The van der Waals surface area contributed by atoms with Crippen LogP contribution >= 0.6 is 0 Å². The van der Waals surface area contributed by atoms with Crippen LogP contribution in [0.2, 0.25) is 0 Å². The molecule has 0 unspecified atom stereocenters. The molecule has 0 atom stereocenters. The fraction of sp³-hybridized carbons (Fsp3) is 0.308. The highest BCUT2D eigenvalue weighted by atomic mass is 16.5. The molecular weight excluding hydrogens is 398 g/mol. The minimum absolute atomic E-state index is 0.491. The van der Waals surface area contributed by atoms with Gasteiger partial charge in [-0.05, 0) is 74.0 Å². The Hall–Kier alpha value is -3.56. The molecule has 2 aromatic carbocycles. The lowest BCUT2D eigenvalue weighted by atomic mass is 10.1. The highest BCUT2D eigenvalue weighted by molar-refractivity contribution is 5.83. The third kappa shape index (κ3) is 4.53. The summed E-state index contributed by atoms with van der Waals surface area (Å²) in [5, 5.41) is 14.7. The zero-order valence-electron chi connectivity index (χ0n) is 18.2. The Bertz CT molecular complexity index is 1180. The smallest absolute Gasteiger partial charge is 0.119 e. The maximum absolute atomic E-state index is 8.89. The van der Waals surface area contributed by atoms with Gasteiger partial charge in [0, 0.05) is 30.4 Å². The highest BCUT2D eigenvalue weighted by Crippen LogP contribution is 2.25. The first-order valence-electron chi connectivity index (χ1n) is 11.2. The standard InChI is InChI=1S/C26H27N5O/c27-18-21-3-5-22(6-4-21)20-32-25-9-13-30(14-10-25)24-7-8-26-23(17-24)19-28-31(26)16-15-29-11-1-2-12-29/h3-10,13,17,19H,1-2,11-12,14-16,20H2. The number of ether oxygens (including phenoxy) is 1. The van der Waals surface area contributed by atoms with Gasteiger partial charge in [0.15, 0.2) is 0 Å². The van der Waals surface area contributed by atoms with Crippen molar-refractivity contribution in [3.8, 4) is 6.07 Å². The molecule has 0 bridgehead atoms. The lowest BCUT2D eigenvalue weighted by Gasteiger charge is -2.23. The summed E-state index contributed by atoms with van der Waals surface area (Å²) in [6.45, 7) is 5.70. The molecule has 3 aromatic rings. The molecular formula is C26H27N5O. The van der Waals surface area contributed by atoms with Gasteiger partial charge in [-0.3, -0.25) is 4.68 Å². The molecule has 6 heteroatoms. The van der Waals surface area contributed by atoms with Crippen LogP contribution in [-0.4, -0.2) is 40.9 Å². The van der Waals surface area contributed by atoms with E-state index in [0.717, 1.165) is 36.6 Å². The zero-order chi connectivity index (χ0) is 21.8. The first-order chi connectivity index (χ1) is 15.8. The molecule has 1 aromatic heterocycles. The van der Waals surface area contributed by atoms with Gasteiger partial charge in [-0.15, -0.1) is 0 Å². The summed E-state index contributed by atoms with van der Waals surface area (Å²) in [6, 6.07) is 16.2. The Morgan fingerprint density at radius 1 is 1.03 bits per heavy atom. The Morgan fingerprint density at radius 2 is 1.88 bits per heavy atom. The molecule has 0 amide bonds. The van der Waals surface area contributed by atoms with Crippen molar-refractivity contribution in [3.05, 3.63) is 83.9 Å². The van der Waals surface area contributed by atoms with E-state index >= 15 is 0 Å². The van der Waals surface area contributed by atoms with Crippen molar-refractivity contribution in [1.29, 1.82) is 5.26 Å². The van der Waals surface area contributed by atoms with Crippen molar-refractivity contribution < 1.29 is 4.74 Å². The van der Waals surface area contributed by atoms with E-state index in [2.05, 4.69) is 56.1 Å². The summed E-state index contributed by atoms with van der Waals surface area (Å²) in [4.78, 5) is 4.73. The number of allylic oxidation sites excluding steroid dienone is 1. The van der Waals surface area contributed by atoms with Crippen molar-refractivity contribution in [2.75, 3.05) is 31.1 Å². The van der Waals surface area contributed by atoms with Crippen LogP contribution in [0.1, 0.15) is 24.0 Å². The SMILES string of the molecule is N#Cc1ccc(COC2=CCN(c3ccc4c(cnn4CCN4CCCC4)c3)C=C2)cc1. The number of likely N-dealkylation sites (tertiary alicyclic amines) is 1. The van der Waals surface area contributed by atoms with Gasteiger partial charge in [0.1, 0.15) is 12.4 Å². The number of nitriles is 1. The lowest BCUT2D eigenvalue weighted by Crippen LogP contribution is -2.24. The molecule has 1 fully saturated rings. The van der Waals surface area contributed by atoms with E-state index < -0.39 is 0 Å². The summed E-state index contributed by atoms with van der Waals surface area (Å²) in [7, 11) is 0. The van der Waals surface area contributed by atoms with Crippen LogP contribution in [-0.2, 0) is 17.9 Å². The van der Waals surface area contributed by atoms with Crippen LogP contribution in [0.4, 0.5) is 5.69 Å². The van der Waals surface area contributed by atoms with E-state index in [1.165, 1.54) is 36.8 Å². The monoisotopic (exact) mass is 425 g/mol. The second-order valence-corrected chi connectivity index (χ2v) is 8.33. The average molecular weight is 426 g/mol. The third-order valence-electron chi connectivity index (χ3n) is 6.18. The first kappa shape index (κ1) is 20.3. The molecule has 6 nitrogen and oxygen atoms in total. The summed E-state index contributed by atoms with van der Waals surface area (Å²) in [5.41, 5.74) is 4.05. The predicted octanol–water partition coefficient (Wildman–Crippen LogP) is 4.44. The van der Waals surface area contributed by atoms with E-state index in [-0.39, 0.29) is 0 Å². The number of anilines is 1. The van der Waals surface area contributed by atoms with Gasteiger partial charge < -0.3 is 14.5 Å². The minimum Gasteiger partial charge on any atom is -0.489 e. The number of hydrogen-bond acceptors (Lipinski definition) is 5. The fourth-order valence-corrected chi connectivity index (χ4v) is 4.30. The number of benzene rings is 2. The summed E-state index contributed by atoms with van der Waals surface area (Å²) in [6.07, 6.45) is 10.8. The van der Waals surface area contributed by atoms with Crippen molar-refractivity contribution in [1.82, 2.24) is 14.7 Å². The van der Waals surface area contributed by atoms with E-state index in [1.807, 2.05) is 36.5 Å². The zero-order valence-corrected chi connectivity index (χ0v) is 18.2. The number of hydrogen-bond donors (Lipinski definition) is 0. The number of nitrogens with zero attached hydrogens (tertiary/aromatic N) is 5. The van der Waals surface area contributed by atoms with Gasteiger partial charge in [-0.2, -0.15) is 10.4 Å². The minimum atomic E-state index is 0.491. The van der Waals surface area contributed by atoms with Gasteiger partial charge in [-0.25, -0.2) is 0 Å². The predicted molar refractivity (Wildman–Crippen MR) is 126 cm³/mol. The normalized spacial score (nSPS) is 16.3. The van der Waals surface area contributed by atoms with Gasteiger partial charge in [0.2, 0.25) is 0 Å². The second kappa shape index (κ2) is 9.29. The molecule has 1 saturated heterocycles. The van der Waals surface area contributed by atoms with Crippen LogP contribution in [0, 0.1) is 11.3 Å². The molecule has 0 N–H and O–H groups in total. The molecule has 0 spiro atoms. The molecule has 0 radical (unpaired) electrons. The molecule has 32 heavy (non-hydrogen) atoms. The van der Waals surface area contributed by atoms with Crippen molar-refractivity contribution in [2.45, 2.75) is 26.0 Å². The molecule has 2 aliphatic heterocycles. The Balaban J connectivity index is 1.18. The Kier molecular flexibility index (Phi) is 5.91. The number of rotatable bonds is 7. The topological polar surface area (TPSA) is 57.3 Å². The van der Waals surface area contributed by atoms with Crippen molar-refractivity contribution in [3.63, 3.8) is 0 Å². The molecule has 0 aliphatic carbocycles. The number of fused-ring (bicyclic) bond motifs is 1. The Labute approximate surface area is 188 Å². The Morgan fingerprint density at radius 3 is 2.62 bits per heavy atom. The highest BCUT2D eigenvalue weighted by Gasteiger charge is 2.13. The quantitative estimate of drug-likeness (QED) is 0.560. The van der Waals surface area contributed by atoms with Crippen molar-refractivity contribution >= 4 is 16.6 Å². The second-order valence-electron chi connectivity index (χ2n) is 8.33. The van der Waals surface area contributed by atoms with E-state index in [9.17, 15) is 0 Å². The average Bonchev–Trinajstić information content (AvgIpc) is 3.51. The molecule has 3 heterocycles. The largest absolute Gasteiger partial charge is 0.489 e. The van der Waals surface area contributed by atoms with Gasteiger partial charge in [0.05, 0.1) is 29.9 Å². The molecule has 5 rings (SSSR count). The molecule has 162 valence electrons. The third-order valence-corrected chi connectivity index (χ3v) is 6.18. The summed E-state index contributed by atoms with van der Waals surface area (Å²) >= 11 is 0. The van der Waals surface area contributed by atoms with E-state index in [4.69, 9.17) is 10.00 Å². The van der Waals surface area contributed by atoms with Crippen LogP contribution in [0.3, 0.4) is 0 Å². The fourth-order valence-electron chi connectivity index (χ4n) is 4.30. The molecule has 2 aliphatic rings. The lowest BCUT2D eigenvalue weighted by molar-refractivity contribution is 0.209. The first-order valence-corrected chi connectivity index (χ1v) is 11.2. The maximum atomic E-state index is 8.89. The van der Waals surface area contributed by atoms with Gasteiger partial charge >= 0.3 is 0 Å². The number of aromatic nitrogens is 2. The van der Waals surface area contributed by atoms with E-state index in [0.29, 0.717) is 12.2 Å². The summed E-state index contributed by atoms with van der Waals surface area (Å²) < 4.78 is 8.04. The van der Waals surface area contributed by atoms with E-state index in [1.54, 1.807) is 0 Å². The summed E-state index contributed by atoms with van der Waals surface area (Å²) in [5.74, 6) is 0.862. The van der Waals surface area contributed by atoms with Gasteiger partial charge in [-0.1, -0.05) is 12.1 Å². The van der Waals surface area contributed by atoms with Crippen LogP contribution in [0.5, 0.6) is 0 Å². The maximum Gasteiger partial charge on any atom is 0.119 e.